The summed E-state index contributed by atoms with van der Waals surface area (Å²) >= 11 is 0. The average molecular weight is 350 g/mol. The van der Waals surface area contributed by atoms with Crippen LogP contribution in [0.15, 0.2) is 11.6 Å². The lowest BCUT2D eigenvalue weighted by atomic mass is 9.52. The van der Waals surface area contributed by atoms with E-state index < -0.39 is 5.60 Å². The van der Waals surface area contributed by atoms with Crippen molar-refractivity contribution in [2.75, 3.05) is 13.2 Å². The van der Waals surface area contributed by atoms with Gasteiger partial charge in [-0.15, -0.1) is 0 Å². The van der Waals surface area contributed by atoms with Gasteiger partial charge in [-0.25, -0.2) is 0 Å². The van der Waals surface area contributed by atoms with Gasteiger partial charge in [0.25, 0.3) is 0 Å². The molecule has 0 aromatic heterocycles. The standard InChI is InChI=1S/C19H26O6/c1-11-5-6-18(9-22-12(2)20)15(7-11)25-16-14(24-13(3)21)8-17(18,4)19(16)10-23-19/h7,14-16H,5-6,8-10H2,1-4H3/t14-,15-,16-,17-,18-,19?/m1/s1. The van der Waals surface area contributed by atoms with Gasteiger partial charge in [0.1, 0.15) is 24.4 Å². The van der Waals surface area contributed by atoms with Gasteiger partial charge >= 0.3 is 11.9 Å². The minimum atomic E-state index is -0.442. The van der Waals surface area contributed by atoms with Crippen molar-refractivity contribution in [2.24, 2.45) is 10.8 Å². The molecule has 0 radical (unpaired) electrons. The molecular weight excluding hydrogens is 324 g/mol. The summed E-state index contributed by atoms with van der Waals surface area (Å²) in [5.74, 6) is -0.588. The van der Waals surface area contributed by atoms with Crippen LogP contribution in [0.3, 0.4) is 0 Å². The first-order valence-electron chi connectivity index (χ1n) is 9.01. The van der Waals surface area contributed by atoms with Crippen LogP contribution in [0, 0.1) is 10.8 Å². The number of carbonyl (C=O) groups excluding carboxylic acids is 2. The number of hydrogen-bond donors (Lipinski definition) is 0. The topological polar surface area (TPSA) is 74.4 Å². The van der Waals surface area contributed by atoms with E-state index in [1.807, 2.05) is 0 Å². The lowest BCUT2D eigenvalue weighted by molar-refractivity contribution is -0.223. The van der Waals surface area contributed by atoms with E-state index in [4.69, 9.17) is 18.9 Å². The van der Waals surface area contributed by atoms with Gasteiger partial charge in [-0.05, 0) is 26.2 Å². The summed E-state index contributed by atoms with van der Waals surface area (Å²) in [6.45, 7) is 8.07. The minimum absolute atomic E-state index is 0.161. The fourth-order valence-electron chi connectivity index (χ4n) is 5.52. The number of rotatable bonds is 3. The normalized spacial score (nSPS) is 47.0. The summed E-state index contributed by atoms with van der Waals surface area (Å²) in [7, 11) is 0. The molecule has 0 aromatic rings. The summed E-state index contributed by atoms with van der Waals surface area (Å²) < 4.78 is 23.6. The zero-order valence-corrected chi connectivity index (χ0v) is 15.3. The lowest BCUT2D eigenvalue weighted by Crippen LogP contribution is -2.64. The molecule has 25 heavy (non-hydrogen) atoms. The second-order valence-electron chi connectivity index (χ2n) is 8.29. The van der Waals surface area contributed by atoms with Crippen LogP contribution in [0.4, 0.5) is 0 Å². The third kappa shape index (κ3) is 2.16. The Balaban J connectivity index is 1.77. The highest BCUT2D eigenvalue weighted by molar-refractivity contribution is 5.66. The highest BCUT2D eigenvalue weighted by atomic mass is 16.7. The van der Waals surface area contributed by atoms with Gasteiger partial charge in [-0.2, -0.15) is 0 Å². The van der Waals surface area contributed by atoms with E-state index in [0.29, 0.717) is 19.6 Å². The Morgan fingerprint density at radius 3 is 2.64 bits per heavy atom. The van der Waals surface area contributed by atoms with Crippen molar-refractivity contribution in [3.8, 4) is 0 Å². The van der Waals surface area contributed by atoms with Crippen molar-refractivity contribution in [3.63, 3.8) is 0 Å². The van der Waals surface area contributed by atoms with Crippen molar-refractivity contribution in [2.45, 2.75) is 70.9 Å². The van der Waals surface area contributed by atoms with Gasteiger partial charge in [0.15, 0.2) is 0 Å². The molecular formula is C19H26O6. The van der Waals surface area contributed by atoms with E-state index in [-0.39, 0.29) is 41.1 Å². The van der Waals surface area contributed by atoms with E-state index in [9.17, 15) is 9.59 Å². The van der Waals surface area contributed by atoms with Crippen LogP contribution in [0.1, 0.15) is 47.0 Å². The first kappa shape index (κ1) is 17.0. The molecule has 0 N–H and O–H groups in total. The maximum Gasteiger partial charge on any atom is 0.302 e. The molecule has 2 saturated heterocycles. The van der Waals surface area contributed by atoms with Gasteiger partial charge < -0.3 is 18.9 Å². The molecule has 6 heteroatoms. The molecule has 1 unspecified atom stereocenters. The van der Waals surface area contributed by atoms with Gasteiger partial charge in [0.05, 0.1) is 12.7 Å². The van der Waals surface area contributed by atoms with E-state index in [2.05, 4.69) is 19.9 Å². The van der Waals surface area contributed by atoms with Crippen LogP contribution in [0.5, 0.6) is 0 Å². The second kappa shape index (κ2) is 5.30. The van der Waals surface area contributed by atoms with E-state index in [1.165, 1.54) is 19.4 Å². The van der Waals surface area contributed by atoms with Crippen LogP contribution in [-0.4, -0.2) is 49.1 Å². The molecule has 4 rings (SSSR count). The molecule has 1 saturated carbocycles. The largest absolute Gasteiger partial charge is 0.465 e. The van der Waals surface area contributed by atoms with Gasteiger partial charge in [0, 0.05) is 24.7 Å². The average Bonchev–Trinajstić information content (AvgIpc) is 3.28. The summed E-state index contributed by atoms with van der Waals surface area (Å²) in [4.78, 5) is 23.1. The number of fused-ring (bicyclic) bond motifs is 2. The number of carbonyl (C=O) groups is 2. The highest BCUT2D eigenvalue weighted by Crippen LogP contribution is 2.71. The van der Waals surface area contributed by atoms with Gasteiger partial charge in [-0.1, -0.05) is 18.6 Å². The van der Waals surface area contributed by atoms with Crippen molar-refractivity contribution >= 4 is 11.9 Å². The third-order valence-corrected chi connectivity index (χ3v) is 6.98. The number of hydrogen-bond acceptors (Lipinski definition) is 6. The smallest absolute Gasteiger partial charge is 0.302 e. The molecule has 2 aliphatic carbocycles. The van der Waals surface area contributed by atoms with Crippen LogP contribution in [-0.2, 0) is 28.5 Å². The van der Waals surface area contributed by atoms with E-state index in [1.54, 1.807) is 0 Å². The Labute approximate surface area is 147 Å². The molecule has 4 aliphatic rings. The first-order chi connectivity index (χ1) is 11.7. The van der Waals surface area contributed by atoms with Crippen molar-refractivity contribution in [3.05, 3.63) is 11.6 Å². The highest BCUT2D eigenvalue weighted by Gasteiger charge is 2.81. The molecule has 6 atom stereocenters. The predicted molar refractivity (Wildman–Crippen MR) is 87.7 cm³/mol. The molecule has 3 fully saturated rings. The molecule has 0 aromatic carbocycles. The number of epoxide rings is 1. The Morgan fingerprint density at radius 1 is 1.32 bits per heavy atom. The Kier molecular flexibility index (Phi) is 3.61. The van der Waals surface area contributed by atoms with Gasteiger partial charge in [-0.3, -0.25) is 9.59 Å². The Bertz CT molecular complexity index is 650. The number of ether oxygens (including phenoxy) is 4. The SMILES string of the molecule is CC(=O)OC[C@]12CCC(C)=C[C@H]1O[C@@H]1[C@H](OC(C)=O)C[C@@]2(C)C12CO2. The summed E-state index contributed by atoms with van der Waals surface area (Å²) in [6, 6.07) is 0. The van der Waals surface area contributed by atoms with Crippen molar-refractivity contribution < 1.29 is 28.5 Å². The summed E-state index contributed by atoms with van der Waals surface area (Å²) in [5, 5.41) is 0. The molecule has 2 heterocycles. The predicted octanol–water partition coefficient (Wildman–Crippen LogP) is 2.15. The van der Waals surface area contributed by atoms with Crippen LogP contribution in [0.2, 0.25) is 0 Å². The minimum Gasteiger partial charge on any atom is -0.465 e. The van der Waals surface area contributed by atoms with Crippen molar-refractivity contribution in [1.29, 1.82) is 0 Å². The first-order valence-corrected chi connectivity index (χ1v) is 9.01. The van der Waals surface area contributed by atoms with E-state index in [0.717, 1.165) is 12.8 Å². The zero-order chi connectivity index (χ0) is 18.0. The Hall–Kier alpha value is -1.40. The molecule has 138 valence electrons. The Morgan fingerprint density at radius 2 is 2.04 bits per heavy atom. The number of esters is 2. The quantitative estimate of drug-likeness (QED) is 0.441. The maximum atomic E-state index is 11.6. The fourth-order valence-corrected chi connectivity index (χ4v) is 5.52. The van der Waals surface area contributed by atoms with Crippen molar-refractivity contribution in [1.82, 2.24) is 0 Å². The number of allylic oxidation sites excluding steroid dienone is 1. The maximum absolute atomic E-state index is 11.6. The third-order valence-electron chi connectivity index (χ3n) is 6.98. The van der Waals surface area contributed by atoms with Crippen LogP contribution in [0.25, 0.3) is 0 Å². The van der Waals surface area contributed by atoms with Crippen LogP contribution < -0.4 is 0 Å². The van der Waals surface area contributed by atoms with Gasteiger partial charge in [0.2, 0.25) is 0 Å². The zero-order valence-electron chi connectivity index (χ0n) is 15.3. The summed E-state index contributed by atoms with van der Waals surface area (Å²) in [6.07, 6.45) is 3.89. The van der Waals surface area contributed by atoms with Crippen LogP contribution >= 0.6 is 0 Å². The fraction of sp³-hybridized carbons (Fsp3) is 0.789. The molecule has 2 bridgehead atoms. The summed E-state index contributed by atoms with van der Waals surface area (Å²) in [5.41, 5.74) is 0.201. The molecule has 6 nitrogen and oxygen atoms in total. The molecule has 0 amide bonds. The molecule has 1 spiro atoms. The monoisotopic (exact) mass is 350 g/mol. The lowest BCUT2D eigenvalue weighted by Gasteiger charge is -2.57. The second-order valence-corrected chi connectivity index (χ2v) is 8.29. The van der Waals surface area contributed by atoms with E-state index >= 15 is 0 Å². The molecule has 2 aliphatic heterocycles.